The molecule has 0 radical (unpaired) electrons. The Kier molecular flexibility index (Phi) is 14.2. The second kappa shape index (κ2) is 19.7. The fourth-order valence-corrected chi connectivity index (χ4v) is 7.21. The molecule has 0 saturated carbocycles. The van der Waals surface area contributed by atoms with Crippen molar-refractivity contribution in [2.24, 2.45) is 7.05 Å². The van der Waals surface area contributed by atoms with Crippen molar-refractivity contribution in [1.29, 1.82) is 0 Å². The fraction of sp³-hybridized carbons (Fsp3) is 0.381. The highest BCUT2D eigenvalue weighted by molar-refractivity contribution is 6.10. The summed E-state index contributed by atoms with van der Waals surface area (Å²) in [6.45, 7) is 4.33. The summed E-state index contributed by atoms with van der Waals surface area (Å²) in [6, 6.07) is 14.6. The molecule has 18 heteroatoms. The van der Waals surface area contributed by atoms with Gasteiger partial charge in [-0.2, -0.15) is 18.3 Å². The number of aryl methyl sites for hydroxylation is 1. The lowest BCUT2D eigenvalue weighted by Gasteiger charge is -2.25. The first-order valence-corrected chi connectivity index (χ1v) is 19.7. The number of imide groups is 1. The van der Waals surface area contributed by atoms with Gasteiger partial charge < -0.3 is 30.3 Å². The van der Waals surface area contributed by atoms with Crippen LogP contribution < -0.4 is 21.3 Å². The van der Waals surface area contributed by atoms with Crippen LogP contribution in [0.25, 0.3) is 27.6 Å². The molecule has 0 saturated heterocycles. The summed E-state index contributed by atoms with van der Waals surface area (Å²) >= 11 is 0. The number of aromatic nitrogens is 3. The monoisotopic (exact) mass is 832 g/mol. The normalized spacial score (nSPS) is 13.1. The van der Waals surface area contributed by atoms with E-state index in [0.717, 1.165) is 34.2 Å². The number of anilines is 1. The van der Waals surface area contributed by atoms with Crippen molar-refractivity contribution in [3.8, 4) is 5.69 Å². The Morgan fingerprint density at radius 2 is 1.67 bits per heavy atom. The van der Waals surface area contributed by atoms with E-state index in [1.165, 1.54) is 17.0 Å². The summed E-state index contributed by atoms with van der Waals surface area (Å²) in [4.78, 5) is 63.3. The van der Waals surface area contributed by atoms with Gasteiger partial charge in [-0.1, -0.05) is 19.4 Å². The molecule has 1 aliphatic rings. The van der Waals surface area contributed by atoms with E-state index in [-0.39, 0.29) is 50.4 Å². The molecule has 1 atom stereocenters. The summed E-state index contributed by atoms with van der Waals surface area (Å²) in [7, 11) is 1.75. The average molecular weight is 833 g/mol. The first-order valence-electron chi connectivity index (χ1n) is 19.7. The van der Waals surface area contributed by atoms with Crippen LogP contribution in [0.1, 0.15) is 64.4 Å². The van der Waals surface area contributed by atoms with Crippen LogP contribution in [0.4, 0.5) is 18.9 Å². The van der Waals surface area contributed by atoms with Gasteiger partial charge in [-0.25, -0.2) is 0 Å². The second-order valence-corrected chi connectivity index (χ2v) is 14.2. The van der Waals surface area contributed by atoms with Crippen LogP contribution in [0.3, 0.4) is 0 Å². The van der Waals surface area contributed by atoms with E-state index in [4.69, 9.17) is 9.47 Å². The van der Waals surface area contributed by atoms with Gasteiger partial charge in [0, 0.05) is 84.7 Å². The largest absolute Gasteiger partial charge is 0.416 e. The maximum atomic E-state index is 13.2. The van der Waals surface area contributed by atoms with Crippen LogP contribution >= 0.6 is 0 Å². The van der Waals surface area contributed by atoms with Crippen molar-refractivity contribution in [2.45, 2.75) is 51.4 Å². The number of carbonyl (C=O) groups excluding carboxylic acids is 5. The van der Waals surface area contributed by atoms with Crippen LogP contribution in [0.5, 0.6) is 0 Å². The number of hydrogen-bond acceptors (Lipinski definition) is 9. The fourth-order valence-electron chi connectivity index (χ4n) is 7.21. The standard InChI is InChI=1S/C42H47F3N8O7/c1-3-6-36(40(57)49-26-54)52-25-32-30(41(52)58)7-4-8-34(32)46-16-5-9-37(55)47-17-19-59-21-22-60-20-18-48-39(56)27-10-15-35-31(23-27)33-24-51(2)50-38(33)53(35)29-13-11-28(12-14-29)42(43,44)45/h4,7-8,10-15,23-24,26,36,46H,3,5-6,9,16-22,25H2,1-2H3,(H,47,55)(H,48,56)(H,49,54,57). The smallest absolute Gasteiger partial charge is 0.385 e. The lowest BCUT2D eigenvalue weighted by Crippen LogP contribution is -2.46. The highest BCUT2D eigenvalue weighted by Crippen LogP contribution is 2.35. The molecule has 5 aromatic rings. The number of fused-ring (bicyclic) bond motifs is 4. The number of nitrogens with one attached hydrogen (secondary N) is 4. The Bertz CT molecular complexity index is 2340. The molecule has 318 valence electrons. The summed E-state index contributed by atoms with van der Waals surface area (Å²) in [6.07, 6.45) is -0.414. The predicted octanol–water partition coefficient (Wildman–Crippen LogP) is 4.70. The predicted molar refractivity (Wildman–Crippen MR) is 216 cm³/mol. The Balaban J connectivity index is 0.850. The van der Waals surface area contributed by atoms with Crippen LogP contribution in [0.2, 0.25) is 0 Å². The van der Waals surface area contributed by atoms with Crippen molar-refractivity contribution in [1.82, 2.24) is 35.2 Å². The quantitative estimate of drug-likeness (QED) is 0.0603. The number of alkyl halides is 3. The summed E-state index contributed by atoms with van der Waals surface area (Å²) in [5, 5.41) is 17.1. The lowest BCUT2D eigenvalue weighted by molar-refractivity contribution is -0.137. The van der Waals surface area contributed by atoms with E-state index < -0.39 is 23.7 Å². The molecule has 60 heavy (non-hydrogen) atoms. The third kappa shape index (κ3) is 10.1. The molecule has 4 N–H and O–H groups in total. The summed E-state index contributed by atoms with van der Waals surface area (Å²) in [5.74, 6) is -1.21. The van der Waals surface area contributed by atoms with E-state index in [2.05, 4.69) is 26.4 Å². The van der Waals surface area contributed by atoms with Gasteiger partial charge in [0.15, 0.2) is 5.65 Å². The van der Waals surface area contributed by atoms with Gasteiger partial charge in [0.2, 0.25) is 18.2 Å². The van der Waals surface area contributed by atoms with E-state index in [1.54, 1.807) is 52.8 Å². The topological polar surface area (TPSA) is 178 Å². The summed E-state index contributed by atoms with van der Waals surface area (Å²) in [5.41, 5.74) is 3.46. The number of rotatable bonds is 21. The van der Waals surface area contributed by atoms with Gasteiger partial charge in [-0.05, 0) is 67.4 Å². The lowest BCUT2D eigenvalue weighted by atomic mass is 10.1. The van der Waals surface area contributed by atoms with E-state index in [1.807, 2.05) is 13.0 Å². The first kappa shape index (κ1) is 43.3. The molecule has 0 aliphatic carbocycles. The third-order valence-electron chi connectivity index (χ3n) is 10.1. The molecular weight excluding hydrogens is 786 g/mol. The average Bonchev–Trinajstić information content (AvgIpc) is 3.87. The molecule has 0 fully saturated rings. The van der Waals surface area contributed by atoms with Crippen LogP contribution in [-0.2, 0) is 43.6 Å². The number of nitrogens with zero attached hydrogens (tertiary/aromatic N) is 4. The molecule has 5 amide bonds. The number of ether oxygens (including phenoxy) is 2. The number of halogens is 3. The zero-order chi connectivity index (χ0) is 42.8. The van der Waals surface area contributed by atoms with E-state index in [0.29, 0.717) is 80.0 Å². The van der Waals surface area contributed by atoms with Crippen molar-refractivity contribution in [3.05, 3.63) is 89.1 Å². The number of benzene rings is 3. The molecule has 1 aliphatic heterocycles. The molecule has 6 rings (SSSR count). The van der Waals surface area contributed by atoms with Gasteiger partial charge in [0.05, 0.1) is 37.5 Å². The van der Waals surface area contributed by atoms with Crippen LogP contribution in [-0.4, -0.2) is 101 Å². The minimum atomic E-state index is -4.45. The summed E-state index contributed by atoms with van der Waals surface area (Å²) < 4.78 is 54.0. The second-order valence-electron chi connectivity index (χ2n) is 14.2. The van der Waals surface area contributed by atoms with Gasteiger partial charge in [0.25, 0.3) is 11.8 Å². The SMILES string of the molecule is CCCC(C(=O)NC=O)N1Cc2c(NCCCC(=O)NCCOCCOCCNC(=O)c3ccc4c(c3)c3cn(C)nc3n4-c3ccc(C(F)(F)F)cc3)cccc2C1=O. The maximum Gasteiger partial charge on any atom is 0.416 e. The van der Waals surface area contributed by atoms with Gasteiger partial charge in [-0.3, -0.25) is 38.5 Å². The van der Waals surface area contributed by atoms with Crippen LogP contribution in [0, 0.1) is 0 Å². The maximum absolute atomic E-state index is 13.2. The van der Waals surface area contributed by atoms with Gasteiger partial charge in [-0.15, -0.1) is 0 Å². The van der Waals surface area contributed by atoms with Gasteiger partial charge in [0.1, 0.15) is 6.04 Å². The Labute approximate surface area is 343 Å². The highest BCUT2D eigenvalue weighted by atomic mass is 19.4. The minimum absolute atomic E-state index is 0.128. The Hall–Kier alpha value is -6.27. The molecule has 1 unspecified atom stereocenters. The molecule has 15 nitrogen and oxygen atoms in total. The Morgan fingerprint density at radius 3 is 2.37 bits per heavy atom. The van der Waals surface area contributed by atoms with Crippen molar-refractivity contribution >= 4 is 57.7 Å². The van der Waals surface area contributed by atoms with Crippen molar-refractivity contribution < 1.29 is 46.6 Å². The first-order chi connectivity index (χ1) is 28.9. The van der Waals surface area contributed by atoms with Crippen LogP contribution in [0.15, 0.2) is 66.9 Å². The Morgan fingerprint density at radius 1 is 0.933 bits per heavy atom. The number of carbonyl (C=O) groups is 5. The zero-order valence-electron chi connectivity index (χ0n) is 33.3. The molecule has 0 spiro atoms. The molecular formula is C42H47F3N8O7. The highest BCUT2D eigenvalue weighted by Gasteiger charge is 2.37. The van der Waals surface area contributed by atoms with Crippen molar-refractivity contribution in [2.75, 3.05) is 51.4 Å². The molecule has 3 heterocycles. The van der Waals surface area contributed by atoms with Crippen molar-refractivity contribution in [3.63, 3.8) is 0 Å². The van der Waals surface area contributed by atoms with Gasteiger partial charge >= 0.3 is 6.18 Å². The minimum Gasteiger partial charge on any atom is -0.385 e. The number of hydrogen-bond donors (Lipinski definition) is 4. The third-order valence-corrected chi connectivity index (χ3v) is 10.1. The van der Waals surface area contributed by atoms with E-state index >= 15 is 0 Å². The molecule has 0 bridgehead atoms. The zero-order valence-corrected chi connectivity index (χ0v) is 33.3. The molecule has 2 aromatic heterocycles. The van der Waals surface area contributed by atoms with E-state index in [9.17, 15) is 37.1 Å². The molecule has 3 aromatic carbocycles. The number of amides is 5.